The first-order valence-electron chi connectivity index (χ1n) is 3.86. The highest BCUT2D eigenvalue weighted by Crippen LogP contribution is 2.18. The van der Waals surface area contributed by atoms with Crippen molar-refractivity contribution in [2.45, 2.75) is 4.83 Å². The predicted molar refractivity (Wildman–Crippen MR) is 57.2 cm³/mol. The molecule has 0 fully saturated rings. The van der Waals surface area contributed by atoms with Crippen LogP contribution in [0.5, 0.6) is 0 Å². The number of ketones is 1. The minimum atomic E-state index is -1.31. The van der Waals surface area contributed by atoms with Crippen LogP contribution in [0.2, 0.25) is 0 Å². The third kappa shape index (κ3) is 2.81. The van der Waals surface area contributed by atoms with Gasteiger partial charge in [-0.05, 0) is 6.07 Å². The fourth-order valence-electron chi connectivity index (χ4n) is 0.950. The SMILES string of the molecule is O=C(c1cc(F)c(F)cc1F)C(Br)CBr. The fraction of sp³-hybridized carbons (Fsp3) is 0.222. The average Bonchev–Trinajstić information content (AvgIpc) is 2.21. The van der Waals surface area contributed by atoms with Crippen LogP contribution in [-0.2, 0) is 0 Å². The number of hydrogen-bond acceptors (Lipinski definition) is 1. The maximum absolute atomic E-state index is 13.1. The van der Waals surface area contributed by atoms with Gasteiger partial charge in [0.15, 0.2) is 17.4 Å². The van der Waals surface area contributed by atoms with E-state index in [2.05, 4.69) is 31.9 Å². The molecular formula is C9H5Br2F3O. The summed E-state index contributed by atoms with van der Waals surface area (Å²) in [4.78, 5) is 10.8. The van der Waals surface area contributed by atoms with Gasteiger partial charge in [-0.25, -0.2) is 13.2 Å². The quantitative estimate of drug-likeness (QED) is 0.466. The number of Topliss-reactive ketones (excluding diaryl/α,β-unsaturated/α-hetero) is 1. The molecule has 0 radical (unpaired) electrons. The Hall–Kier alpha value is -0.360. The largest absolute Gasteiger partial charge is 0.293 e. The number of alkyl halides is 2. The molecule has 0 aliphatic heterocycles. The molecule has 0 aliphatic carbocycles. The highest BCUT2D eigenvalue weighted by molar-refractivity contribution is 9.12. The number of benzene rings is 1. The Morgan fingerprint density at radius 2 is 1.73 bits per heavy atom. The zero-order valence-electron chi connectivity index (χ0n) is 7.24. The summed E-state index contributed by atoms with van der Waals surface area (Å²) in [7, 11) is 0. The van der Waals surface area contributed by atoms with E-state index in [9.17, 15) is 18.0 Å². The Balaban J connectivity index is 3.15. The van der Waals surface area contributed by atoms with Gasteiger partial charge in [0.05, 0.1) is 10.4 Å². The number of carbonyl (C=O) groups is 1. The molecule has 6 heteroatoms. The Labute approximate surface area is 101 Å². The molecule has 0 aliphatic rings. The molecule has 0 spiro atoms. The van der Waals surface area contributed by atoms with Gasteiger partial charge in [-0.15, -0.1) is 0 Å². The summed E-state index contributed by atoms with van der Waals surface area (Å²) >= 11 is 5.99. The molecule has 1 rings (SSSR count). The van der Waals surface area contributed by atoms with Gasteiger partial charge < -0.3 is 0 Å². The van der Waals surface area contributed by atoms with Gasteiger partial charge in [0.1, 0.15) is 5.82 Å². The van der Waals surface area contributed by atoms with Gasteiger partial charge in [0, 0.05) is 11.4 Å². The molecule has 1 aromatic carbocycles. The summed E-state index contributed by atoms with van der Waals surface area (Å²) in [5, 5.41) is 0.254. The third-order valence-corrected chi connectivity index (χ3v) is 3.95. The van der Waals surface area contributed by atoms with E-state index in [0.717, 1.165) is 0 Å². The standard InChI is InChI=1S/C9H5Br2F3O/c10-3-5(11)9(15)4-1-7(13)8(14)2-6(4)12/h1-2,5H,3H2. The van der Waals surface area contributed by atoms with Crippen LogP contribution in [0.25, 0.3) is 0 Å². The predicted octanol–water partition coefficient (Wildman–Crippen LogP) is 3.45. The summed E-state index contributed by atoms with van der Waals surface area (Å²) in [5.41, 5.74) is -0.463. The Morgan fingerprint density at radius 1 is 1.20 bits per heavy atom. The summed E-state index contributed by atoms with van der Waals surface area (Å²) in [5.74, 6) is -4.25. The second kappa shape index (κ2) is 5.12. The van der Waals surface area contributed by atoms with Crippen molar-refractivity contribution in [3.63, 3.8) is 0 Å². The van der Waals surface area contributed by atoms with E-state index in [1.54, 1.807) is 0 Å². The van der Waals surface area contributed by atoms with Crippen molar-refractivity contribution in [2.24, 2.45) is 0 Å². The van der Waals surface area contributed by atoms with Crippen LogP contribution in [-0.4, -0.2) is 15.9 Å². The van der Waals surface area contributed by atoms with Crippen LogP contribution in [0.1, 0.15) is 10.4 Å². The zero-order valence-corrected chi connectivity index (χ0v) is 10.4. The monoisotopic (exact) mass is 344 g/mol. The number of carbonyl (C=O) groups excluding carboxylic acids is 1. The minimum Gasteiger partial charge on any atom is -0.293 e. The lowest BCUT2D eigenvalue weighted by Crippen LogP contribution is -2.17. The molecular weight excluding hydrogens is 341 g/mol. The van der Waals surface area contributed by atoms with Crippen LogP contribution < -0.4 is 0 Å². The zero-order chi connectivity index (χ0) is 11.6. The van der Waals surface area contributed by atoms with Crippen molar-refractivity contribution in [1.82, 2.24) is 0 Å². The molecule has 82 valence electrons. The van der Waals surface area contributed by atoms with Gasteiger partial charge in [-0.1, -0.05) is 31.9 Å². The van der Waals surface area contributed by atoms with Crippen LogP contribution in [0.4, 0.5) is 13.2 Å². The molecule has 0 saturated heterocycles. The normalized spacial score (nSPS) is 12.6. The molecule has 0 bridgehead atoms. The second-order valence-electron chi connectivity index (χ2n) is 2.73. The molecule has 1 aromatic rings. The first-order valence-corrected chi connectivity index (χ1v) is 5.90. The van der Waals surface area contributed by atoms with E-state index in [1.807, 2.05) is 0 Å². The maximum Gasteiger partial charge on any atom is 0.180 e. The van der Waals surface area contributed by atoms with Crippen molar-refractivity contribution >= 4 is 37.6 Å². The third-order valence-electron chi connectivity index (χ3n) is 1.70. The van der Waals surface area contributed by atoms with E-state index in [1.165, 1.54) is 0 Å². The van der Waals surface area contributed by atoms with Crippen LogP contribution in [0, 0.1) is 17.5 Å². The van der Waals surface area contributed by atoms with Crippen LogP contribution in [0.15, 0.2) is 12.1 Å². The van der Waals surface area contributed by atoms with Crippen molar-refractivity contribution in [2.75, 3.05) is 5.33 Å². The lowest BCUT2D eigenvalue weighted by molar-refractivity contribution is 0.0993. The molecule has 0 aromatic heterocycles. The van der Waals surface area contributed by atoms with Gasteiger partial charge in [0.2, 0.25) is 0 Å². The maximum atomic E-state index is 13.1. The summed E-state index contributed by atoms with van der Waals surface area (Å²) in [6, 6.07) is 0.917. The van der Waals surface area contributed by atoms with Gasteiger partial charge in [-0.3, -0.25) is 4.79 Å². The smallest absolute Gasteiger partial charge is 0.180 e. The van der Waals surface area contributed by atoms with E-state index in [-0.39, 0.29) is 5.33 Å². The van der Waals surface area contributed by atoms with Crippen molar-refractivity contribution < 1.29 is 18.0 Å². The average molecular weight is 346 g/mol. The number of hydrogen-bond donors (Lipinski definition) is 0. The summed E-state index contributed by atoms with van der Waals surface area (Å²) < 4.78 is 38.4. The van der Waals surface area contributed by atoms with Gasteiger partial charge in [0.25, 0.3) is 0 Å². The van der Waals surface area contributed by atoms with E-state index in [0.29, 0.717) is 12.1 Å². The first kappa shape index (κ1) is 12.7. The summed E-state index contributed by atoms with van der Waals surface area (Å²) in [6.07, 6.45) is 0. The van der Waals surface area contributed by atoms with Crippen molar-refractivity contribution in [1.29, 1.82) is 0 Å². The van der Waals surface area contributed by atoms with Crippen molar-refractivity contribution in [3.8, 4) is 0 Å². The van der Waals surface area contributed by atoms with Crippen molar-refractivity contribution in [3.05, 3.63) is 35.1 Å². The molecule has 0 saturated carbocycles. The lowest BCUT2D eigenvalue weighted by Gasteiger charge is -2.06. The Morgan fingerprint density at radius 3 is 2.27 bits per heavy atom. The molecule has 15 heavy (non-hydrogen) atoms. The minimum absolute atomic E-state index is 0.254. The first-order chi connectivity index (χ1) is 6.97. The summed E-state index contributed by atoms with van der Waals surface area (Å²) in [6.45, 7) is 0. The van der Waals surface area contributed by atoms with E-state index >= 15 is 0 Å². The Bertz CT molecular complexity index is 395. The molecule has 0 heterocycles. The highest BCUT2D eigenvalue weighted by atomic mass is 79.9. The van der Waals surface area contributed by atoms with Crippen LogP contribution in [0.3, 0.4) is 0 Å². The second-order valence-corrected chi connectivity index (χ2v) is 4.49. The molecule has 0 N–H and O–H groups in total. The fourth-order valence-corrected chi connectivity index (χ4v) is 1.49. The topological polar surface area (TPSA) is 17.1 Å². The van der Waals surface area contributed by atoms with E-state index in [4.69, 9.17) is 0 Å². The number of halogens is 5. The highest BCUT2D eigenvalue weighted by Gasteiger charge is 2.21. The molecule has 1 unspecified atom stereocenters. The van der Waals surface area contributed by atoms with Gasteiger partial charge in [-0.2, -0.15) is 0 Å². The van der Waals surface area contributed by atoms with E-state index < -0.39 is 33.6 Å². The number of rotatable bonds is 3. The van der Waals surface area contributed by atoms with Crippen LogP contribution >= 0.6 is 31.9 Å². The molecule has 1 nitrogen and oxygen atoms in total. The Kier molecular flexibility index (Phi) is 4.33. The molecule has 0 amide bonds. The molecule has 1 atom stereocenters. The lowest BCUT2D eigenvalue weighted by atomic mass is 10.1. The van der Waals surface area contributed by atoms with Gasteiger partial charge >= 0.3 is 0 Å².